The number of alkyl carbamates (subject to hydrolysis) is 1. The van der Waals surface area contributed by atoms with Gasteiger partial charge in [-0.25, -0.2) is 9.78 Å². The summed E-state index contributed by atoms with van der Waals surface area (Å²) in [5.74, 6) is -0.813. The molecule has 1 heterocycles. The van der Waals surface area contributed by atoms with E-state index in [1.165, 1.54) is 6.92 Å². The molecule has 0 saturated carbocycles. The van der Waals surface area contributed by atoms with Crippen LogP contribution < -0.4 is 16.6 Å². The average molecular weight is 704 g/mol. The molecule has 4 rings (SSSR count). The number of carbonyl (C=O) groups is 3. The summed E-state index contributed by atoms with van der Waals surface area (Å²) in [6.07, 6.45) is -1.60. The second-order valence-electron chi connectivity index (χ2n) is 13.0. The van der Waals surface area contributed by atoms with E-state index in [9.17, 15) is 19.2 Å². The molecule has 3 N–H and O–H groups in total. The van der Waals surface area contributed by atoms with Crippen molar-refractivity contribution < 1.29 is 23.9 Å². The predicted octanol–water partition coefficient (Wildman–Crippen LogP) is 6.23. The van der Waals surface area contributed by atoms with Crippen LogP contribution in [0.3, 0.4) is 0 Å². The van der Waals surface area contributed by atoms with Gasteiger partial charge in [-0.05, 0) is 61.1 Å². The van der Waals surface area contributed by atoms with E-state index in [0.717, 1.165) is 11.1 Å². The summed E-state index contributed by atoms with van der Waals surface area (Å²) in [4.78, 5) is 59.9. The fourth-order valence-electron chi connectivity index (χ4n) is 5.55. The van der Waals surface area contributed by atoms with Crippen LogP contribution in [-0.2, 0) is 20.8 Å². The van der Waals surface area contributed by atoms with Crippen molar-refractivity contribution in [1.82, 2.24) is 19.8 Å². The molecule has 50 heavy (non-hydrogen) atoms. The van der Waals surface area contributed by atoms with Gasteiger partial charge in [0.1, 0.15) is 11.9 Å². The molecule has 12 heteroatoms. The highest BCUT2D eigenvalue weighted by Crippen LogP contribution is 2.31. The molecule has 0 aliphatic heterocycles. The van der Waals surface area contributed by atoms with E-state index in [-0.39, 0.29) is 42.9 Å². The standard InChI is InChI=1S/C38H46ClN5O6/c1-23(2)32(40)37(47)49-26(6)50-38(48)41-19-10-20-43(35(45)28-15-13-25(5)14-16-28)33(24(3)4)34-42-31-21-29(39)17-18-30(31)36(46)44(34)22-27-11-8-7-9-12-27/h7-9,11-18,21,23-24,26,32-33H,10,19-20,22,40H2,1-6H3,(H,41,48). The molecule has 3 aromatic carbocycles. The number of esters is 1. The lowest BCUT2D eigenvalue weighted by molar-refractivity contribution is -0.167. The predicted molar refractivity (Wildman–Crippen MR) is 194 cm³/mol. The van der Waals surface area contributed by atoms with E-state index in [1.54, 1.807) is 53.6 Å². The first-order chi connectivity index (χ1) is 23.8. The number of rotatable bonds is 14. The third-order valence-corrected chi connectivity index (χ3v) is 8.55. The Balaban J connectivity index is 1.65. The zero-order valence-electron chi connectivity index (χ0n) is 29.4. The van der Waals surface area contributed by atoms with E-state index >= 15 is 0 Å². The summed E-state index contributed by atoms with van der Waals surface area (Å²) in [6.45, 7) is 11.5. The number of nitrogens with two attached hydrogens (primary N) is 1. The molecule has 0 aliphatic carbocycles. The Labute approximate surface area is 297 Å². The van der Waals surface area contributed by atoms with Crippen LogP contribution in [0.4, 0.5) is 4.79 Å². The molecule has 3 unspecified atom stereocenters. The van der Waals surface area contributed by atoms with Crippen molar-refractivity contribution in [2.75, 3.05) is 13.1 Å². The zero-order valence-corrected chi connectivity index (χ0v) is 30.1. The van der Waals surface area contributed by atoms with E-state index in [2.05, 4.69) is 5.32 Å². The Kier molecular flexibility index (Phi) is 13.1. The van der Waals surface area contributed by atoms with Crippen LogP contribution in [-0.4, -0.2) is 57.8 Å². The van der Waals surface area contributed by atoms with Crippen LogP contribution in [0.15, 0.2) is 77.6 Å². The van der Waals surface area contributed by atoms with Crippen molar-refractivity contribution >= 4 is 40.5 Å². The van der Waals surface area contributed by atoms with Gasteiger partial charge in [0.2, 0.25) is 6.29 Å². The summed E-state index contributed by atoms with van der Waals surface area (Å²) >= 11 is 6.34. The van der Waals surface area contributed by atoms with Gasteiger partial charge in [-0.3, -0.25) is 19.0 Å². The minimum atomic E-state index is -1.15. The second kappa shape index (κ2) is 17.3. The van der Waals surface area contributed by atoms with Crippen molar-refractivity contribution in [2.24, 2.45) is 17.6 Å². The first-order valence-electron chi connectivity index (χ1n) is 16.8. The number of aryl methyl sites for hydroxylation is 1. The Hall–Kier alpha value is -4.74. The highest BCUT2D eigenvalue weighted by molar-refractivity contribution is 6.31. The number of halogens is 1. The van der Waals surface area contributed by atoms with Gasteiger partial charge in [-0.1, -0.05) is 87.3 Å². The van der Waals surface area contributed by atoms with Crippen LogP contribution in [0, 0.1) is 18.8 Å². The molecule has 0 spiro atoms. The van der Waals surface area contributed by atoms with Gasteiger partial charge in [0.05, 0.1) is 23.5 Å². The maximum atomic E-state index is 14.3. The smallest absolute Gasteiger partial charge is 0.410 e. The van der Waals surface area contributed by atoms with Crippen molar-refractivity contribution in [3.63, 3.8) is 0 Å². The number of carbonyl (C=O) groups excluding carboxylic acids is 3. The molecular formula is C38H46ClN5O6. The molecule has 266 valence electrons. The van der Waals surface area contributed by atoms with E-state index < -0.39 is 30.4 Å². The number of nitrogens with zero attached hydrogens (tertiary/aromatic N) is 3. The largest absolute Gasteiger partial charge is 0.424 e. The quantitative estimate of drug-likeness (QED) is 0.0893. The molecular weight excluding hydrogens is 658 g/mol. The Morgan fingerprint density at radius 2 is 1.62 bits per heavy atom. The van der Waals surface area contributed by atoms with Crippen molar-refractivity contribution in [1.29, 1.82) is 0 Å². The molecule has 4 aromatic rings. The van der Waals surface area contributed by atoms with Gasteiger partial charge >= 0.3 is 12.1 Å². The number of aromatic nitrogens is 2. The first kappa shape index (κ1) is 38.1. The van der Waals surface area contributed by atoms with Crippen LogP contribution in [0.2, 0.25) is 5.02 Å². The molecule has 0 fully saturated rings. The number of hydrogen-bond donors (Lipinski definition) is 2. The normalized spacial score (nSPS) is 13.2. The minimum Gasteiger partial charge on any atom is -0.424 e. The van der Waals surface area contributed by atoms with Crippen molar-refractivity contribution in [3.8, 4) is 0 Å². The van der Waals surface area contributed by atoms with Crippen molar-refractivity contribution in [2.45, 2.75) is 72.9 Å². The summed E-state index contributed by atoms with van der Waals surface area (Å²) < 4.78 is 12.0. The number of nitrogens with one attached hydrogen (secondary N) is 1. The minimum absolute atomic E-state index is 0.139. The fourth-order valence-corrected chi connectivity index (χ4v) is 5.72. The Morgan fingerprint density at radius 1 is 0.940 bits per heavy atom. The van der Waals surface area contributed by atoms with E-state index in [0.29, 0.717) is 33.7 Å². The first-order valence-corrected chi connectivity index (χ1v) is 17.2. The summed E-state index contributed by atoms with van der Waals surface area (Å²) in [5.41, 5.74) is 8.40. The van der Waals surface area contributed by atoms with Gasteiger partial charge in [-0.2, -0.15) is 0 Å². The maximum Gasteiger partial charge on any atom is 0.410 e. The Morgan fingerprint density at radius 3 is 2.26 bits per heavy atom. The van der Waals surface area contributed by atoms with Crippen LogP contribution in [0.1, 0.15) is 74.4 Å². The molecule has 0 aliphatic rings. The molecule has 1 aromatic heterocycles. The summed E-state index contributed by atoms with van der Waals surface area (Å²) in [5, 5.41) is 3.52. The lowest BCUT2D eigenvalue weighted by Gasteiger charge is -2.35. The summed E-state index contributed by atoms with van der Waals surface area (Å²) in [6, 6.07) is 20.4. The SMILES string of the molecule is Cc1ccc(C(=O)N(CCCNC(=O)OC(C)OC(=O)C(N)C(C)C)C(c2nc3cc(Cl)ccc3c(=O)n2Cc2ccccc2)C(C)C)cc1. The molecule has 3 atom stereocenters. The number of benzene rings is 3. The lowest BCUT2D eigenvalue weighted by Crippen LogP contribution is -2.43. The molecule has 0 saturated heterocycles. The number of fused-ring (bicyclic) bond motifs is 1. The van der Waals surface area contributed by atoms with Gasteiger partial charge in [0.25, 0.3) is 11.5 Å². The highest BCUT2D eigenvalue weighted by Gasteiger charge is 2.33. The van der Waals surface area contributed by atoms with Gasteiger partial charge in [0, 0.05) is 30.6 Å². The van der Waals surface area contributed by atoms with Gasteiger partial charge in [0.15, 0.2) is 0 Å². The second-order valence-corrected chi connectivity index (χ2v) is 13.5. The number of amides is 2. The molecule has 11 nitrogen and oxygen atoms in total. The van der Waals surface area contributed by atoms with Crippen LogP contribution in [0.5, 0.6) is 0 Å². The fraction of sp³-hybridized carbons (Fsp3) is 0.395. The lowest BCUT2D eigenvalue weighted by atomic mass is 9.98. The van der Waals surface area contributed by atoms with Crippen LogP contribution in [0.25, 0.3) is 10.9 Å². The molecule has 2 amide bonds. The number of ether oxygens (including phenoxy) is 2. The van der Waals surface area contributed by atoms with E-state index in [1.807, 2.05) is 63.2 Å². The topological polar surface area (TPSA) is 146 Å². The highest BCUT2D eigenvalue weighted by atomic mass is 35.5. The van der Waals surface area contributed by atoms with E-state index in [4.69, 9.17) is 31.8 Å². The summed E-state index contributed by atoms with van der Waals surface area (Å²) in [7, 11) is 0. The zero-order chi connectivity index (χ0) is 36.5. The number of hydrogen-bond acceptors (Lipinski definition) is 8. The van der Waals surface area contributed by atoms with Gasteiger partial charge < -0.3 is 25.4 Å². The van der Waals surface area contributed by atoms with Crippen molar-refractivity contribution in [3.05, 3.63) is 111 Å². The molecule has 0 radical (unpaired) electrons. The Bertz CT molecular complexity index is 1840. The average Bonchev–Trinajstić information content (AvgIpc) is 3.07. The third-order valence-electron chi connectivity index (χ3n) is 8.31. The van der Waals surface area contributed by atoms with Crippen LogP contribution >= 0.6 is 11.6 Å². The monoisotopic (exact) mass is 703 g/mol. The molecule has 0 bridgehead atoms. The maximum absolute atomic E-state index is 14.3. The third kappa shape index (κ3) is 9.70. The van der Waals surface area contributed by atoms with Gasteiger partial charge in [-0.15, -0.1) is 0 Å².